The molecule has 5 heteroatoms. The van der Waals surface area contributed by atoms with Crippen LogP contribution in [0.3, 0.4) is 0 Å². The summed E-state index contributed by atoms with van der Waals surface area (Å²) in [5.41, 5.74) is 5.17. The van der Waals surface area contributed by atoms with Crippen LogP contribution in [0.1, 0.15) is 33.1 Å². The molecule has 0 amide bonds. The first-order chi connectivity index (χ1) is 8.12. The van der Waals surface area contributed by atoms with Gasteiger partial charge in [0.15, 0.2) is 0 Å². The van der Waals surface area contributed by atoms with Crippen molar-refractivity contribution in [2.45, 2.75) is 44.8 Å². The maximum absolute atomic E-state index is 11.7. The lowest BCUT2D eigenvalue weighted by Crippen LogP contribution is -2.47. The summed E-state index contributed by atoms with van der Waals surface area (Å²) in [6.45, 7) is 5.93. The summed E-state index contributed by atoms with van der Waals surface area (Å²) in [6, 6.07) is 0. The zero-order valence-electron chi connectivity index (χ0n) is 10.7. The van der Waals surface area contributed by atoms with Gasteiger partial charge in [-0.15, -0.1) is 0 Å². The van der Waals surface area contributed by atoms with E-state index in [4.69, 9.17) is 19.9 Å². The molecule has 5 nitrogen and oxygen atoms in total. The minimum Gasteiger partial charge on any atom is -0.465 e. The van der Waals surface area contributed by atoms with Gasteiger partial charge in [0.2, 0.25) is 0 Å². The van der Waals surface area contributed by atoms with E-state index in [2.05, 4.69) is 0 Å². The zero-order valence-corrected chi connectivity index (χ0v) is 10.7. The molecular formula is C12H23NO4. The molecule has 1 aliphatic rings. The normalized spacial score (nSPS) is 28.3. The number of carbonyl (C=O) groups is 1. The number of esters is 1. The van der Waals surface area contributed by atoms with E-state index < -0.39 is 5.54 Å². The van der Waals surface area contributed by atoms with E-state index in [0.29, 0.717) is 39.3 Å². The van der Waals surface area contributed by atoms with E-state index in [0.717, 1.165) is 6.42 Å². The molecule has 0 aromatic heterocycles. The van der Waals surface area contributed by atoms with Crippen LogP contribution >= 0.6 is 0 Å². The molecular weight excluding hydrogens is 222 g/mol. The smallest absolute Gasteiger partial charge is 0.326 e. The fourth-order valence-corrected chi connectivity index (χ4v) is 2.05. The molecule has 0 aromatic carbocycles. The van der Waals surface area contributed by atoms with Crippen LogP contribution in [0.15, 0.2) is 0 Å². The molecule has 0 aliphatic heterocycles. The SMILES string of the molecule is CCOCCOC1CCC(N)(C(=O)OCC)C1. The molecule has 0 spiro atoms. The number of nitrogens with two attached hydrogens (primary N) is 1. The quantitative estimate of drug-likeness (QED) is 0.532. The first-order valence-electron chi connectivity index (χ1n) is 6.28. The molecule has 2 atom stereocenters. The summed E-state index contributed by atoms with van der Waals surface area (Å²) < 4.78 is 15.8. The summed E-state index contributed by atoms with van der Waals surface area (Å²) >= 11 is 0. The molecule has 1 fully saturated rings. The van der Waals surface area contributed by atoms with Crippen LogP contribution in [-0.4, -0.2) is 44.0 Å². The lowest BCUT2D eigenvalue weighted by molar-refractivity contribution is -0.149. The van der Waals surface area contributed by atoms with Gasteiger partial charge in [-0.2, -0.15) is 0 Å². The molecule has 0 heterocycles. The largest absolute Gasteiger partial charge is 0.465 e. The van der Waals surface area contributed by atoms with Gasteiger partial charge < -0.3 is 19.9 Å². The topological polar surface area (TPSA) is 70.8 Å². The van der Waals surface area contributed by atoms with E-state index in [-0.39, 0.29) is 12.1 Å². The van der Waals surface area contributed by atoms with Gasteiger partial charge in [-0.1, -0.05) is 0 Å². The fraction of sp³-hybridized carbons (Fsp3) is 0.917. The first kappa shape index (κ1) is 14.4. The van der Waals surface area contributed by atoms with Gasteiger partial charge in [-0.3, -0.25) is 4.79 Å². The van der Waals surface area contributed by atoms with E-state index in [1.54, 1.807) is 6.92 Å². The number of ether oxygens (including phenoxy) is 3. The van der Waals surface area contributed by atoms with Crippen LogP contribution in [-0.2, 0) is 19.0 Å². The van der Waals surface area contributed by atoms with Crippen molar-refractivity contribution in [3.63, 3.8) is 0 Å². The Labute approximate surface area is 103 Å². The van der Waals surface area contributed by atoms with Crippen molar-refractivity contribution >= 4 is 5.97 Å². The molecule has 17 heavy (non-hydrogen) atoms. The summed E-state index contributed by atoms with van der Waals surface area (Å²) in [6.07, 6.45) is 2.02. The minimum atomic E-state index is -0.855. The Hall–Kier alpha value is -0.650. The van der Waals surface area contributed by atoms with Gasteiger partial charge in [-0.05, 0) is 26.7 Å². The second-order valence-corrected chi connectivity index (χ2v) is 4.31. The van der Waals surface area contributed by atoms with Gasteiger partial charge in [0.25, 0.3) is 0 Å². The number of rotatable bonds is 7. The lowest BCUT2D eigenvalue weighted by Gasteiger charge is -2.21. The van der Waals surface area contributed by atoms with Crippen molar-refractivity contribution in [1.29, 1.82) is 0 Å². The van der Waals surface area contributed by atoms with Crippen LogP contribution in [0.4, 0.5) is 0 Å². The fourth-order valence-electron chi connectivity index (χ4n) is 2.05. The minimum absolute atomic E-state index is 0.0462. The van der Waals surface area contributed by atoms with Crippen LogP contribution in [0.25, 0.3) is 0 Å². The Morgan fingerprint density at radius 1 is 1.35 bits per heavy atom. The monoisotopic (exact) mass is 245 g/mol. The molecule has 100 valence electrons. The van der Waals surface area contributed by atoms with Gasteiger partial charge in [0, 0.05) is 13.0 Å². The van der Waals surface area contributed by atoms with Gasteiger partial charge in [0.1, 0.15) is 5.54 Å². The molecule has 2 unspecified atom stereocenters. The van der Waals surface area contributed by atoms with Crippen LogP contribution < -0.4 is 5.73 Å². The molecule has 0 radical (unpaired) electrons. The van der Waals surface area contributed by atoms with E-state index in [9.17, 15) is 4.79 Å². The molecule has 0 saturated heterocycles. The molecule has 1 rings (SSSR count). The summed E-state index contributed by atoms with van der Waals surface area (Å²) in [5, 5.41) is 0. The van der Waals surface area contributed by atoms with Crippen LogP contribution in [0, 0.1) is 0 Å². The van der Waals surface area contributed by atoms with Crippen molar-refractivity contribution in [1.82, 2.24) is 0 Å². The highest BCUT2D eigenvalue weighted by atomic mass is 16.5. The third-order valence-electron chi connectivity index (χ3n) is 2.97. The first-order valence-corrected chi connectivity index (χ1v) is 6.28. The predicted molar refractivity (Wildman–Crippen MR) is 63.6 cm³/mol. The molecule has 0 bridgehead atoms. The average Bonchev–Trinajstić information content (AvgIpc) is 2.69. The van der Waals surface area contributed by atoms with Crippen molar-refractivity contribution in [2.24, 2.45) is 5.73 Å². The number of hydrogen-bond acceptors (Lipinski definition) is 5. The van der Waals surface area contributed by atoms with Crippen LogP contribution in [0.5, 0.6) is 0 Å². The number of hydrogen-bond donors (Lipinski definition) is 1. The van der Waals surface area contributed by atoms with Crippen molar-refractivity contribution in [3.8, 4) is 0 Å². The highest BCUT2D eigenvalue weighted by Gasteiger charge is 2.43. The Morgan fingerprint density at radius 3 is 2.76 bits per heavy atom. The molecule has 1 saturated carbocycles. The third-order valence-corrected chi connectivity index (χ3v) is 2.97. The van der Waals surface area contributed by atoms with Crippen molar-refractivity contribution in [3.05, 3.63) is 0 Å². The number of carbonyl (C=O) groups excluding carboxylic acids is 1. The Balaban J connectivity index is 2.28. The summed E-state index contributed by atoms with van der Waals surface area (Å²) in [7, 11) is 0. The second kappa shape index (κ2) is 6.93. The Morgan fingerprint density at radius 2 is 2.12 bits per heavy atom. The summed E-state index contributed by atoms with van der Waals surface area (Å²) in [5.74, 6) is -0.309. The lowest BCUT2D eigenvalue weighted by atomic mass is 9.99. The Kier molecular flexibility index (Phi) is 5.88. The Bertz CT molecular complexity index is 247. The maximum Gasteiger partial charge on any atom is 0.326 e. The second-order valence-electron chi connectivity index (χ2n) is 4.31. The molecule has 0 aromatic rings. The van der Waals surface area contributed by atoms with E-state index in [1.807, 2.05) is 6.92 Å². The van der Waals surface area contributed by atoms with E-state index in [1.165, 1.54) is 0 Å². The predicted octanol–water partition coefficient (Wildman–Crippen LogP) is 0.853. The zero-order chi connectivity index (χ0) is 12.7. The van der Waals surface area contributed by atoms with Gasteiger partial charge in [-0.25, -0.2) is 0 Å². The van der Waals surface area contributed by atoms with Gasteiger partial charge >= 0.3 is 5.97 Å². The average molecular weight is 245 g/mol. The van der Waals surface area contributed by atoms with Crippen molar-refractivity contribution < 1.29 is 19.0 Å². The highest BCUT2D eigenvalue weighted by Crippen LogP contribution is 2.30. The standard InChI is InChI=1S/C12H23NO4/c1-3-15-7-8-17-10-5-6-12(13,9-10)11(14)16-4-2/h10H,3-9,13H2,1-2H3. The van der Waals surface area contributed by atoms with E-state index >= 15 is 0 Å². The third kappa shape index (κ3) is 4.26. The maximum atomic E-state index is 11.7. The van der Waals surface area contributed by atoms with Crippen molar-refractivity contribution in [2.75, 3.05) is 26.4 Å². The van der Waals surface area contributed by atoms with Gasteiger partial charge in [0.05, 0.1) is 25.9 Å². The van der Waals surface area contributed by atoms with Crippen LogP contribution in [0.2, 0.25) is 0 Å². The highest BCUT2D eigenvalue weighted by molar-refractivity contribution is 5.81. The summed E-state index contributed by atoms with van der Waals surface area (Å²) in [4.78, 5) is 11.7. The molecule has 2 N–H and O–H groups in total. The molecule has 1 aliphatic carbocycles.